The Kier molecular flexibility index (Phi) is 4.20. The van der Waals surface area contributed by atoms with Gasteiger partial charge in [0.1, 0.15) is 5.82 Å². The fourth-order valence-electron chi connectivity index (χ4n) is 2.18. The second-order valence-electron chi connectivity index (χ2n) is 5.25. The average Bonchev–Trinajstić information content (AvgIpc) is 2.39. The zero-order valence-corrected chi connectivity index (χ0v) is 11.4. The van der Waals surface area contributed by atoms with Crippen molar-refractivity contribution in [2.45, 2.75) is 45.1 Å². The molecular formula is C15H20N2O2. The molecule has 1 aromatic heterocycles. The molecule has 0 aliphatic heterocycles. The number of allylic oxidation sites excluding steroid dienone is 1. The van der Waals surface area contributed by atoms with Gasteiger partial charge in [-0.3, -0.25) is 0 Å². The Labute approximate surface area is 113 Å². The van der Waals surface area contributed by atoms with Gasteiger partial charge in [0.25, 0.3) is 0 Å². The lowest BCUT2D eigenvalue weighted by atomic mass is 10.0. The van der Waals surface area contributed by atoms with Gasteiger partial charge in [-0.05, 0) is 37.3 Å². The quantitative estimate of drug-likeness (QED) is 0.814. The second kappa shape index (κ2) is 5.87. The first-order valence-electron chi connectivity index (χ1n) is 6.73. The zero-order chi connectivity index (χ0) is 13.8. The monoisotopic (exact) mass is 260 g/mol. The van der Waals surface area contributed by atoms with Crippen molar-refractivity contribution in [1.29, 1.82) is 0 Å². The predicted octanol–water partition coefficient (Wildman–Crippen LogP) is 3.42. The average molecular weight is 260 g/mol. The SMILES string of the molecule is CC(C)c1cc(C(=O)O)cc(NC2CC=CCC2)n1. The number of pyridine rings is 1. The van der Waals surface area contributed by atoms with E-state index >= 15 is 0 Å². The molecule has 4 nitrogen and oxygen atoms in total. The Balaban J connectivity index is 2.23. The molecule has 4 heteroatoms. The number of carboxylic acid groups (broad SMARTS) is 1. The number of carboxylic acids is 1. The number of aromatic nitrogens is 1. The van der Waals surface area contributed by atoms with Crippen LogP contribution in [0.2, 0.25) is 0 Å². The molecule has 0 aromatic carbocycles. The first kappa shape index (κ1) is 13.6. The summed E-state index contributed by atoms with van der Waals surface area (Å²) in [6, 6.07) is 3.62. The summed E-state index contributed by atoms with van der Waals surface area (Å²) in [7, 11) is 0. The van der Waals surface area contributed by atoms with Gasteiger partial charge < -0.3 is 10.4 Å². The standard InChI is InChI=1S/C15H20N2O2/c1-10(2)13-8-11(15(18)19)9-14(17-13)16-12-6-4-3-5-7-12/h3-4,8-10,12H,5-7H2,1-2H3,(H,16,17)(H,18,19). The number of aromatic carboxylic acids is 1. The molecular weight excluding hydrogens is 240 g/mol. The van der Waals surface area contributed by atoms with E-state index in [0.717, 1.165) is 25.0 Å². The van der Waals surface area contributed by atoms with Gasteiger partial charge in [0.2, 0.25) is 0 Å². The van der Waals surface area contributed by atoms with E-state index in [1.165, 1.54) is 0 Å². The first-order valence-corrected chi connectivity index (χ1v) is 6.73. The maximum atomic E-state index is 11.2. The third kappa shape index (κ3) is 3.56. The van der Waals surface area contributed by atoms with E-state index in [2.05, 4.69) is 22.5 Å². The Morgan fingerprint density at radius 1 is 1.42 bits per heavy atom. The molecule has 0 fully saturated rings. The van der Waals surface area contributed by atoms with Crippen LogP contribution in [0.4, 0.5) is 5.82 Å². The summed E-state index contributed by atoms with van der Waals surface area (Å²) in [6.45, 7) is 4.03. The van der Waals surface area contributed by atoms with E-state index in [1.807, 2.05) is 13.8 Å². The molecule has 1 heterocycles. The maximum absolute atomic E-state index is 11.2. The fourth-order valence-corrected chi connectivity index (χ4v) is 2.18. The minimum Gasteiger partial charge on any atom is -0.478 e. The van der Waals surface area contributed by atoms with Crippen LogP contribution in [0, 0.1) is 0 Å². The number of hydrogen-bond donors (Lipinski definition) is 2. The molecule has 0 saturated heterocycles. The van der Waals surface area contributed by atoms with Gasteiger partial charge >= 0.3 is 5.97 Å². The van der Waals surface area contributed by atoms with E-state index in [1.54, 1.807) is 12.1 Å². The van der Waals surface area contributed by atoms with E-state index in [9.17, 15) is 4.79 Å². The summed E-state index contributed by atoms with van der Waals surface area (Å²) in [5.41, 5.74) is 1.11. The van der Waals surface area contributed by atoms with Crippen molar-refractivity contribution >= 4 is 11.8 Å². The number of nitrogens with zero attached hydrogens (tertiary/aromatic N) is 1. The van der Waals surface area contributed by atoms with Gasteiger partial charge in [0, 0.05) is 11.7 Å². The molecule has 102 valence electrons. The van der Waals surface area contributed by atoms with Gasteiger partial charge in [-0.2, -0.15) is 0 Å². The summed E-state index contributed by atoms with van der Waals surface area (Å²) in [5, 5.41) is 12.5. The minimum atomic E-state index is -0.907. The molecule has 1 aliphatic rings. The Bertz CT molecular complexity index is 495. The van der Waals surface area contributed by atoms with Crippen LogP contribution in [0.3, 0.4) is 0 Å². The molecule has 1 aliphatic carbocycles. The topological polar surface area (TPSA) is 62.2 Å². The lowest BCUT2D eigenvalue weighted by Crippen LogP contribution is -2.21. The molecule has 2 rings (SSSR count). The highest BCUT2D eigenvalue weighted by Crippen LogP contribution is 2.21. The van der Waals surface area contributed by atoms with E-state index in [-0.39, 0.29) is 5.92 Å². The van der Waals surface area contributed by atoms with Crippen molar-refractivity contribution in [3.8, 4) is 0 Å². The summed E-state index contributed by atoms with van der Waals surface area (Å²) < 4.78 is 0. The van der Waals surface area contributed by atoms with E-state index in [4.69, 9.17) is 5.11 Å². The number of hydrogen-bond acceptors (Lipinski definition) is 3. The van der Waals surface area contributed by atoms with Gasteiger partial charge in [-0.15, -0.1) is 0 Å². The summed E-state index contributed by atoms with van der Waals surface area (Å²) in [4.78, 5) is 15.7. The van der Waals surface area contributed by atoms with Gasteiger partial charge in [-0.1, -0.05) is 26.0 Å². The van der Waals surface area contributed by atoms with Crippen molar-refractivity contribution in [3.05, 3.63) is 35.5 Å². The molecule has 0 spiro atoms. The molecule has 0 amide bonds. The lowest BCUT2D eigenvalue weighted by molar-refractivity contribution is 0.0696. The van der Waals surface area contributed by atoms with Crippen LogP contribution in [-0.2, 0) is 0 Å². The summed E-state index contributed by atoms with van der Waals surface area (Å²) in [5.74, 6) is -0.0223. The van der Waals surface area contributed by atoms with Crippen LogP contribution in [0.5, 0.6) is 0 Å². The molecule has 19 heavy (non-hydrogen) atoms. The largest absolute Gasteiger partial charge is 0.478 e. The van der Waals surface area contributed by atoms with Crippen molar-refractivity contribution in [2.24, 2.45) is 0 Å². The number of rotatable bonds is 4. The minimum absolute atomic E-state index is 0.214. The molecule has 0 bridgehead atoms. The van der Waals surface area contributed by atoms with Crippen LogP contribution >= 0.6 is 0 Å². The third-order valence-corrected chi connectivity index (χ3v) is 3.30. The predicted molar refractivity (Wildman–Crippen MR) is 75.7 cm³/mol. The van der Waals surface area contributed by atoms with E-state index < -0.39 is 5.97 Å². The first-order chi connectivity index (χ1) is 9.06. The Hall–Kier alpha value is -1.84. The number of nitrogens with one attached hydrogen (secondary N) is 1. The highest BCUT2D eigenvalue weighted by Gasteiger charge is 2.14. The van der Waals surface area contributed by atoms with Crippen LogP contribution in [0.25, 0.3) is 0 Å². The normalized spacial score (nSPS) is 18.6. The van der Waals surface area contributed by atoms with Gasteiger partial charge in [0.15, 0.2) is 0 Å². The summed E-state index contributed by atoms with van der Waals surface area (Å²) in [6.07, 6.45) is 7.43. The van der Waals surface area contributed by atoms with Crippen LogP contribution < -0.4 is 5.32 Å². The van der Waals surface area contributed by atoms with Crippen molar-refractivity contribution in [1.82, 2.24) is 4.98 Å². The van der Waals surface area contributed by atoms with Gasteiger partial charge in [-0.25, -0.2) is 9.78 Å². The third-order valence-electron chi connectivity index (χ3n) is 3.30. The highest BCUT2D eigenvalue weighted by atomic mass is 16.4. The second-order valence-corrected chi connectivity index (χ2v) is 5.25. The number of anilines is 1. The molecule has 0 saturated carbocycles. The zero-order valence-electron chi connectivity index (χ0n) is 11.4. The molecule has 2 N–H and O–H groups in total. The molecule has 1 unspecified atom stereocenters. The lowest BCUT2D eigenvalue weighted by Gasteiger charge is -2.21. The van der Waals surface area contributed by atoms with Crippen LogP contribution in [-0.4, -0.2) is 22.1 Å². The van der Waals surface area contributed by atoms with Gasteiger partial charge in [0.05, 0.1) is 5.56 Å². The molecule has 1 atom stereocenters. The molecule has 1 aromatic rings. The Morgan fingerprint density at radius 2 is 2.21 bits per heavy atom. The van der Waals surface area contributed by atoms with Crippen LogP contribution in [0.15, 0.2) is 24.3 Å². The van der Waals surface area contributed by atoms with Crippen LogP contribution in [0.1, 0.15) is 55.1 Å². The van der Waals surface area contributed by atoms with Crippen molar-refractivity contribution < 1.29 is 9.90 Å². The summed E-state index contributed by atoms with van der Waals surface area (Å²) >= 11 is 0. The molecule has 0 radical (unpaired) electrons. The van der Waals surface area contributed by atoms with Crippen molar-refractivity contribution in [2.75, 3.05) is 5.32 Å². The highest BCUT2D eigenvalue weighted by molar-refractivity contribution is 5.88. The smallest absolute Gasteiger partial charge is 0.335 e. The van der Waals surface area contributed by atoms with E-state index in [0.29, 0.717) is 17.4 Å². The maximum Gasteiger partial charge on any atom is 0.335 e. The Morgan fingerprint density at radius 3 is 2.79 bits per heavy atom. The fraction of sp³-hybridized carbons (Fsp3) is 0.467. The van der Waals surface area contributed by atoms with Crippen molar-refractivity contribution in [3.63, 3.8) is 0 Å². The number of carbonyl (C=O) groups is 1.